The molecule has 0 spiro atoms. The van der Waals surface area contributed by atoms with Gasteiger partial charge in [-0.05, 0) is 30.7 Å². The third kappa shape index (κ3) is 5.52. The Bertz CT molecular complexity index is 496. The molecule has 0 bridgehead atoms. The molecule has 0 saturated carbocycles. The van der Waals surface area contributed by atoms with Crippen LogP contribution < -0.4 is 14.8 Å². The van der Waals surface area contributed by atoms with Crippen LogP contribution >= 0.6 is 0 Å². The van der Waals surface area contributed by atoms with Crippen molar-refractivity contribution in [3.8, 4) is 11.5 Å². The fraction of sp³-hybridized carbons (Fsp3) is 0.412. The number of nitrogens with one attached hydrogen (secondary N) is 1. The number of hydrogen-bond acceptors (Lipinski definition) is 4. The van der Waals surface area contributed by atoms with Gasteiger partial charge in [-0.1, -0.05) is 25.5 Å². The number of benzene rings is 1. The van der Waals surface area contributed by atoms with Gasteiger partial charge in [-0.25, -0.2) is 0 Å². The lowest BCUT2D eigenvalue weighted by Gasteiger charge is -2.12. The van der Waals surface area contributed by atoms with Crippen LogP contribution in [0.1, 0.15) is 25.5 Å². The van der Waals surface area contributed by atoms with Crippen LogP contribution in [0.4, 0.5) is 0 Å². The topological polar surface area (TPSA) is 43.6 Å². The predicted octanol–water partition coefficient (Wildman–Crippen LogP) is 3.63. The molecular formula is C17H23NO3. The average molecular weight is 289 g/mol. The lowest BCUT2D eigenvalue weighted by molar-refractivity contribution is 0.263. The van der Waals surface area contributed by atoms with E-state index in [9.17, 15) is 0 Å². The summed E-state index contributed by atoms with van der Waals surface area (Å²) < 4.78 is 16.8. The van der Waals surface area contributed by atoms with E-state index in [1.165, 1.54) is 0 Å². The smallest absolute Gasteiger partial charge is 0.161 e. The molecular weight excluding hydrogens is 266 g/mol. The van der Waals surface area contributed by atoms with Gasteiger partial charge in [0, 0.05) is 6.54 Å². The number of furan rings is 1. The van der Waals surface area contributed by atoms with E-state index in [0.29, 0.717) is 13.2 Å². The lowest BCUT2D eigenvalue weighted by Crippen LogP contribution is -2.20. The molecule has 4 heteroatoms. The van der Waals surface area contributed by atoms with Crippen LogP contribution in [-0.2, 0) is 6.54 Å². The van der Waals surface area contributed by atoms with Crippen LogP contribution in [0.2, 0.25) is 0 Å². The minimum absolute atomic E-state index is 0.592. The zero-order valence-electron chi connectivity index (χ0n) is 12.5. The van der Waals surface area contributed by atoms with E-state index in [4.69, 9.17) is 13.9 Å². The average Bonchev–Trinajstić information content (AvgIpc) is 3.02. The van der Waals surface area contributed by atoms with Crippen LogP contribution in [-0.4, -0.2) is 19.8 Å². The van der Waals surface area contributed by atoms with E-state index in [2.05, 4.69) is 12.2 Å². The monoisotopic (exact) mass is 289 g/mol. The van der Waals surface area contributed by atoms with Crippen LogP contribution in [0, 0.1) is 0 Å². The summed E-state index contributed by atoms with van der Waals surface area (Å²) in [6.07, 6.45) is 3.86. The number of rotatable bonds is 10. The summed E-state index contributed by atoms with van der Waals surface area (Å²) in [6, 6.07) is 11.6. The van der Waals surface area contributed by atoms with Crippen LogP contribution in [0.25, 0.3) is 0 Å². The Morgan fingerprint density at radius 3 is 2.43 bits per heavy atom. The molecule has 2 rings (SSSR count). The number of unbranched alkanes of at least 4 members (excludes halogenated alkanes) is 1. The molecule has 0 amide bonds. The summed E-state index contributed by atoms with van der Waals surface area (Å²) in [7, 11) is 0. The van der Waals surface area contributed by atoms with E-state index in [0.717, 1.165) is 43.3 Å². The first-order valence-electron chi connectivity index (χ1n) is 7.48. The van der Waals surface area contributed by atoms with Crippen LogP contribution in [0.3, 0.4) is 0 Å². The maximum atomic E-state index is 5.77. The molecule has 1 aromatic carbocycles. The zero-order chi connectivity index (χ0) is 14.8. The van der Waals surface area contributed by atoms with Gasteiger partial charge >= 0.3 is 0 Å². The first-order chi connectivity index (χ1) is 10.4. The van der Waals surface area contributed by atoms with Crippen molar-refractivity contribution >= 4 is 0 Å². The van der Waals surface area contributed by atoms with Gasteiger partial charge in [-0.3, -0.25) is 0 Å². The predicted molar refractivity (Wildman–Crippen MR) is 82.8 cm³/mol. The van der Waals surface area contributed by atoms with Gasteiger partial charge in [0.15, 0.2) is 11.5 Å². The van der Waals surface area contributed by atoms with Gasteiger partial charge in [0.05, 0.1) is 19.4 Å². The highest BCUT2D eigenvalue weighted by Gasteiger charge is 2.03. The van der Waals surface area contributed by atoms with Crippen molar-refractivity contribution in [1.29, 1.82) is 0 Å². The minimum Gasteiger partial charge on any atom is -0.490 e. The molecule has 0 aliphatic carbocycles. The second kappa shape index (κ2) is 9.08. The van der Waals surface area contributed by atoms with Crippen molar-refractivity contribution in [2.24, 2.45) is 0 Å². The van der Waals surface area contributed by atoms with Gasteiger partial charge in [0.1, 0.15) is 12.4 Å². The second-order valence-corrected chi connectivity index (χ2v) is 4.75. The largest absolute Gasteiger partial charge is 0.490 e. The Hall–Kier alpha value is -1.94. The highest BCUT2D eigenvalue weighted by Crippen LogP contribution is 2.26. The number of para-hydroxylation sites is 2. The van der Waals surface area contributed by atoms with Crippen molar-refractivity contribution in [2.75, 3.05) is 19.8 Å². The zero-order valence-corrected chi connectivity index (χ0v) is 12.5. The molecule has 1 N–H and O–H groups in total. The van der Waals surface area contributed by atoms with E-state index in [-0.39, 0.29) is 0 Å². The van der Waals surface area contributed by atoms with E-state index < -0.39 is 0 Å². The first-order valence-corrected chi connectivity index (χ1v) is 7.48. The Labute approximate surface area is 126 Å². The van der Waals surface area contributed by atoms with Crippen LogP contribution in [0.15, 0.2) is 47.1 Å². The third-order valence-electron chi connectivity index (χ3n) is 3.02. The van der Waals surface area contributed by atoms with Gasteiger partial charge in [-0.2, -0.15) is 0 Å². The SMILES string of the molecule is CCCCOc1ccccc1OCCNCc1ccco1. The van der Waals surface area contributed by atoms with Crippen molar-refractivity contribution in [3.63, 3.8) is 0 Å². The summed E-state index contributed by atoms with van der Waals surface area (Å²) in [5.41, 5.74) is 0. The molecule has 0 aliphatic rings. The highest BCUT2D eigenvalue weighted by atomic mass is 16.5. The van der Waals surface area contributed by atoms with Crippen molar-refractivity contribution in [2.45, 2.75) is 26.3 Å². The normalized spacial score (nSPS) is 10.5. The van der Waals surface area contributed by atoms with Crippen LogP contribution in [0.5, 0.6) is 11.5 Å². The fourth-order valence-corrected chi connectivity index (χ4v) is 1.87. The van der Waals surface area contributed by atoms with Crippen molar-refractivity contribution in [3.05, 3.63) is 48.4 Å². The maximum Gasteiger partial charge on any atom is 0.161 e. The summed E-state index contributed by atoms with van der Waals surface area (Å²) in [5, 5.41) is 3.27. The fourth-order valence-electron chi connectivity index (χ4n) is 1.87. The summed E-state index contributed by atoms with van der Waals surface area (Å²) in [6.45, 7) is 4.94. The van der Waals surface area contributed by atoms with Gasteiger partial charge in [0.25, 0.3) is 0 Å². The van der Waals surface area contributed by atoms with E-state index in [1.807, 2.05) is 36.4 Å². The van der Waals surface area contributed by atoms with Gasteiger partial charge in [-0.15, -0.1) is 0 Å². The molecule has 0 aliphatic heterocycles. The summed E-state index contributed by atoms with van der Waals surface area (Å²) in [4.78, 5) is 0. The van der Waals surface area contributed by atoms with Gasteiger partial charge < -0.3 is 19.2 Å². The van der Waals surface area contributed by atoms with Crippen molar-refractivity contribution in [1.82, 2.24) is 5.32 Å². The van der Waals surface area contributed by atoms with E-state index in [1.54, 1.807) is 6.26 Å². The molecule has 0 fully saturated rings. The van der Waals surface area contributed by atoms with Gasteiger partial charge in [0.2, 0.25) is 0 Å². The standard InChI is InChI=1S/C17H23NO3/c1-2-3-11-20-16-8-4-5-9-17(16)21-13-10-18-14-15-7-6-12-19-15/h4-9,12,18H,2-3,10-11,13-14H2,1H3. The lowest BCUT2D eigenvalue weighted by atomic mass is 10.3. The molecule has 0 saturated heterocycles. The summed E-state index contributed by atoms with van der Waals surface area (Å²) >= 11 is 0. The molecule has 0 atom stereocenters. The Morgan fingerprint density at radius 1 is 1.00 bits per heavy atom. The quantitative estimate of drug-likeness (QED) is 0.678. The second-order valence-electron chi connectivity index (χ2n) is 4.75. The molecule has 1 aromatic heterocycles. The maximum absolute atomic E-state index is 5.77. The number of hydrogen-bond donors (Lipinski definition) is 1. The molecule has 1 heterocycles. The molecule has 0 radical (unpaired) electrons. The van der Waals surface area contributed by atoms with E-state index >= 15 is 0 Å². The molecule has 4 nitrogen and oxygen atoms in total. The molecule has 0 unspecified atom stereocenters. The first kappa shape index (κ1) is 15.4. The van der Waals surface area contributed by atoms with Crippen molar-refractivity contribution < 1.29 is 13.9 Å². The molecule has 21 heavy (non-hydrogen) atoms. The number of ether oxygens (including phenoxy) is 2. The summed E-state index contributed by atoms with van der Waals surface area (Å²) in [5.74, 6) is 2.55. The molecule has 114 valence electrons. The Kier molecular flexibility index (Phi) is 6.68. The minimum atomic E-state index is 0.592. The Morgan fingerprint density at radius 2 is 1.76 bits per heavy atom. The third-order valence-corrected chi connectivity index (χ3v) is 3.02. The highest BCUT2D eigenvalue weighted by molar-refractivity contribution is 5.39. The Balaban J connectivity index is 1.69. The molecule has 2 aromatic rings.